The molecule has 5 nitrogen and oxygen atoms in total. The number of nitrogens with one attached hydrogen (secondary N) is 2. The molecule has 0 unspecified atom stereocenters. The Morgan fingerprint density at radius 2 is 1.89 bits per heavy atom. The van der Waals surface area contributed by atoms with Crippen LogP contribution in [0.25, 0.3) is 10.7 Å². The van der Waals surface area contributed by atoms with Crippen LogP contribution in [-0.2, 0) is 0 Å². The summed E-state index contributed by atoms with van der Waals surface area (Å²) in [6.07, 6.45) is 0. The highest BCUT2D eigenvalue weighted by atomic mass is 32.1. The fraction of sp³-hybridized carbons (Fsp3) is 0.583. The third kappa shape index (κ3) is 2.87. The normalized spacial score (nSPS) is 11.2. The molecule has 0 amide bonds. The van der Waals surface area contributed by atoms with Crippen LogP contribution in [0, 0.1) is 4.77 Å². The Labute approximate surface area is 122 Å². The van der Waals surface area contributed by atoms with Gasteiger partial charge < -0.3 is 4.90 Å². The van der Waals surface area contributed by atoms with Gasteiger partial charge in [-0.15, -0.1) is 0 Å². The zero-order chi connectivity index (χ0) is 14.0. The minimum atomic E-state index is 0.356. The minimum Gasteiger partial charge on any atom is -0.349 e. The quantitative estimate of drug-likeness (QED) is 0.828. The molecule has 0 fully saturated rings. The number of H-pyrrole nitrogens is 2. The summed E-state index contributed by atoms with van der Waals surface area (Å²) >= 11 is 6.69. The van der Waals surface area contributed by atoms with Crippen molar-refractivity contribution in [2.24, 2.45) is 0 Å². The SMILES string of the molecule is CCN(CC)c1nc(C(C)C)c(-c2nc(=S)[nH][nH]2)s1. The van der Waals surface area contributed by atoms with E-state index in [1.54, 1.807) is 11.3 Å². The van der Waals surface area contributed by atoms with Gasteiger partial charge in [-0.25, -0.2) is 4.98 Å². The van der Waals surface area contributed by atoms with Crippen molar-refractivity contribution in [1.82, 2.24) is 20.2 Å². The molecule has 0 saturated heterocycles. The van der Waals surface area contributed by atoms with Crippen molar-refractivity contribution in [3.63, 3.8) is 0 Å². The molecule has 0 saturated carbocycles. The molecule has 2 aromatic rings. The van der Waals surface area contributed by atoms with E-state index in [0.29, 0.717) is 10.7 Å². The van der Waals surface area contributed by atoms with Crippen LogP contribution < -0.4 is 4.90 Å². The summed E-state index contributed by atoms with van der Waals surface area (Å²) in [6, 6.07) is 0. The molecule has 2 N–H and O–H groups in total. The lowest BCUT2D eigenvalue weighted by molar-refractivity contribution is 0.811. The highest BCUT2D eigenvalue weighted by Gasteiger charge is 2.19. The van der Waals surface area contributed by atoms with Crippen LogP contribution in [-0.4, -0.2) is 33.3 Å². The summed E-state index contributed by atoms with van der Waals surface area (Å²) < 4.78 is 0.475. The van der Waals surface area contributed by atoms with Crippen LogP contribution in [0.4, 0.5) is 5.13 Å². The molecule has 0 aromatic carbocycles. The third-order valence-corrected chi connectivity index (χ3v) is 4.27. The van der Waals surface area contributed by atoms with Crippen molar-refractivity contribution < 1.29 is 0 Å². The number of thiazole rings is 1. The molecule has 2 aromatic heterocycles. The lowest BCUT2D eigenvalue weighted by atomic mass is 10.1. The lowest BCUT2D eigenvalue weighted by Gasteiger charge is -2.16. The van der Waals surface area contributed by atoms with Gasteiger partial charge in [0.25, 0.3) is 0 Å². The Hall–Kier alpha value is -1.21. The fourth-order valence-corrected chi connectivity index (χ4v) is 3.32. The average Bonchev–Trinajstić information content (AvgIpc) is 2.97. The maximum atomic E-state index is 5.02. The van der Waals surface area contributed by atoms with Gasteiger partial charge in [0.15, 0.2) is 11.0 Å². The van der Waals surface area contributed by atoms with E-state index in [2.05, 4.69) is 47.8 Å². The Morgan fingerprint density at radius 1 is 1.21 bits per heavy atom. The molecule has 0 atom stereocenters. The van der Waals surface area contributed by atoms with E-state index in [1.807, 2.05) is 0 Å². The van der Waals surface area contributed by atoms with Gasteiger partial charge in [-0.1, -0.05) is 25.2 Å². The van der Waals surface area contributed by atoms with Crippen molar-refractivity contribution in [2.75, 3.05) is 18.0 Å². The molecule has 2 rings (SSSR count). The van der Waals surface area contributed by atoms with E-state index < -0.39 is 0 Å². The molecule has 0 radical (unpaired) electrons. The molecule has 0 aliphatic heterocycles. The number of nitrogens with zero attached hydrogens (tertiary/aromatic N) is 3. The van der Waals surface area contributed by atoms with Gasteiger partial charge in [0.1, 0.15) is 0 Å². The minimum absolute atomic E-state index is 0.356. The molecule has 0 bridgehead atoms. The van der Waals surface area contributed by atoms with Crippen LogP contribution in [0.3, 0.4) is 0 Å². The Balaban J connectivity index is 2.50. The number of aromatic nitrogens is 4. The van der Waals surface area contributed by atoms with Crippen LogP contribution in [0.5, 0.6) is 0 Å². The molecule has 19 heavy (non-hydrogen) atoms. The van der Waals surface area contributed by atoms with E-state index in [1.165, 1.54) is 0 Å². The number of hydrogen-bond acceptors (Lipinski definition) is 5. The van der Waals surface area contributed by atoms with E-state index in [0.717, 1.165) is 34.6 Å². The second-order valence-corrected chi connectivity index (χ2v) is 5.92. The molecule has 0 aliphatic carbocycles. The molecule has 0 aliphatic rings. The monoisotopic (exact) mass is 297 g/mol. The van der Waals surface area contributed by atoms with Gasteiger partial charge >= 0.3 is 0 Å². The van der Waals surface area contributed by atoms with Gasteiger partial charge in [0.2, 0.25) is 4.77 Å². The predicted octanol–water partition coefficient (Wildman–Crippen LogP) is 3.56. The summed E-state index contributed by atoms with van der Waals surface area (Å²) in [5, 5.41) is 6.91. The molecule has 7 heteroatoms. The summed E-state index contributed by atoms with van der Waals surface area (Å²) in [6.45, 7) is 10.5. The van der Waals surface area contributed by atoms with E-state index in [9.17, 15) is 0 Å². The van der Waals surface area contributed by atoms with Crippen LogP contribution in [0.2, 0.25) is 0 Å². The topological polar surface area (TPSA) is 60.6 Å². The largest absolute Gasteiger partial charge is 0.349 e. The maximum Gasteiger partial charge on any atom is 0.213 e. The highest BCUT2D eigenvalue weighted by Crippen LogP contribution is 2.36. The number of hydrogen-bond donors (Lipinski definition) is 2. The van der Waals surface area contributed by atoms with Crippen molar-refractivity contribution in [2.45, 2.75) is 33.6 Å². The van der Waals surface area contributed by atoms with E-state index in [4.69, 9.17) is 17.2 Å². The Kier molecular flexibility index (Phi) is 4.36. The summed E-state index contributed by atoms with van der Waals surface area (Å²) in [5.74, 6) is 1.14. The Morgan fingerprint density at radius 3 is 2.37 bits per heavy atom. The summed E-state index contributed by atoms with van der Waals surface area (Å²) in [5.41, 5.74) is 1.07. The van der Waals surface area contributed by atoms with Gasteiger partial charge in [-0.2, -0.15) is 4.98 Å². The number of rotatable bonds is 5. The zero-order valence-electron chi connectivity index (χ0n) is 11.6. The van der Waals surface area contributed by atoms with Crippen molar-refractivity contribution in [3.8, 4) is 10.7 Å². The van der Waals surface area contributed by atoms with Gasteiger partial charge in [0.05, 0.1) is 10.6 Å². The van der Waals surface area contributed by atoms with Gasteiger partial charge in [-0.3, -0.25) is 10.2 Å². The van der Waals surface area contributed by atoms with Crippen molar-refractivity contribution in [1.29, 1.82) is 0 Å². The molecular weight excluding hydrogens is 278 g/mol. The maximum absolute atomic E-state index is 5.02. The molecule has 104 valence electrons. The van der Waals surface area contributed by atoms with Crippen molar-refractivity contribution in [3.05, 3.63) is 10.5 Å². The summed E-state index contributed by atoms with van der Waals surface area (Å²) in [4.78, 5) is 12.4. The van der Waals surface area contributed by atoms with Gasteiger partial charge in [0, 0.05) is 13.1 Å². The predicted molar refractivity (Wildman–Crippen MR) is 82.5 cm³/mol. The first-order valence-electron chi connectivity index (χ1n) is 6.47. The zero-order valence-corrected chi connectivity index (χ0v) is 13.3. The smallest absolute Gasteiger partial charge is 0.213 e. The van der Waals surface area contributed by atoms with Gasteiger partial charge in [-0.05, 0) is 32.0 Å². The second kappa shape index (κ2) is 5.83. The van der Waals surface area contributed by atoms with Crippen LogP contribution in [0.15, 0.2) is 0 Å². The molecule has 2 heterocycles. The lowest BCUT2D eigenvalue weighted by Crippen LogP contribution is -2.21. The van der Waals surface area contributed by atoms with E-state index in [-0.39, 0.29) is 0 Å². The average molecular weight is 297 g/mol. The first kappa shape index (κ1) is 14.2. The summed E-state index contributed by atoms with van der Waals surface area (Å²) in [7, 11) is 0. The number of aromatic amines is 2. The van der Waals surface area contributed by atoms with Crippen LogP contribution >= 0.6 is 23.6 Å². The number of anilines is 1. The molecule has 0 spiro atoms. The highest BCUT2D eigenvalue weighted by molar-refractivity contribution is 7.71. The second-order valence-electron chi connectivity index (χ2n) is 4.55. The standard InChI is InChI=1S/C12H19N5S2/c1-5-17(6-2)12-13-8(7(3)4)9(19-12)10-14-11(18)16-15-10/h7H,5-6H2,1-4H3,(H2,14,15,16,18). The third-order valence-electron chi connectivity index (χ3n) is 2.94. The van der Waals surface area contributed by atoms with E-state index >= 15 is 0 Å². The fourth-order valence-electron chi connectivity index (χ4n) is 1.89. The first-order chi connectivity index (χ1) is 9.06. The van der Waals surface area contributed by atoms with Crippen molar-refractivity contribution >= 4 is 28.7 Å². The molecular formula is C12H19N5S2. The van der Waals surface area contributed by atoms with Crippen LogP contribution in [0.1, 0.15) is 39.3 Å². The Bertz CT molecular complexity index is 591. The first-order valence-corrected chi connectivity index (χ1v) is 7.70.